The number of hydrogen-bond donors (Lipinski definition) is 0. The average molecular weight is 316 g/mol. The van der Waals surface area contributed by atoms with Gasteiger partial charge < -0.3 is 13.9 Å². The Bertz CT molecular complexity index is 562. The molecule has 0 radical (unpaired) electrons. The van der Waals surface area contributed by atoms with Gasteiger partial charge in [0.05, 0.1) is 13.4 Å². The quantitative estimate of drug-likeness (QED) is 0.647. The number of esters is 1. The molecule has 0 saturated carbocycles. The first kappa shape index (κ1) is 17.3. The van der Waals surface area contributed by atoms with E-state index in [4.69, 9.17) is 13.9 Å². The van der Waals surface area contributed by atoms with Gasteiger partial charge in [-0.05, 0) is 24.1 Å². The van der Waals surface area contributed by atoms with Crippen molar-refractivity contribution in [3.8, 4) is 0 Å². The minimum Gasteiger partial charge on any atom is -0.467 e. The molecule has 2 aromatic rings. The Morgan fingerprint density at radius 3 is 2.57 bits per heavy atom. The van der Waals surface area contributed by atoms with Gasteiger partial charge in [0.15, 0.2) is 6.10 Å². The van der Waals surface area contributed by atoms with Crippen molar-refractivity contribution in [2.45, 2.75) is 44.8 Å². The summed E-state index contributed by atoms with van der Waals surface area (Å²) in [6, 6.07) is 13.5. The van der Waals surface area contributed by atoms with Crippen LogP contribution in [0.4, 0.5) is 0 Å². The summed E-state index contributed by atoms with van der Waals surface area (Å²) in [7, 11) is 1.39. The zero-order valence-electron chi connectivity index (χ0n) is 13.7. The standard InChI is InChI=1S/C19H24O4/c1-3-4-11-17(16-12-8-13-22-16)23-18(19(20)21-2)14-15-9-6-5-7-10-15/h5-10,12-13,17-18H,3-4,11,14H2,1-2H3/t17-,18+/m0/s1. The van der Waals surface area contributed by atoms with Crippen LogP contribution in [-0.4, -0.2) is 19.2 Å². The zero-order chi connectivity index (χ0) is 16.5. The van der Waals surface area contributed by atoms with E-state index in [9.17, 15) is 4.79 Å². The van der Waals surface area contributed by atoms with Crippen molar-refractivity contribution in [1.29, 1.82) is 0 Å². The summed E-state index contributed by atoms with van der Waals surface area (Å²) < 4.78 is 16.5. The van der Waals surface area contributed by atoms with Crippen molar-refractivity contribution in [3.05, 3.63) is 60.1 Å². The average Bonchev–Trinajstić information content (AvgIpc) is 3.12. The molecule has 0 aliphatic rings. The van der Waals surface area contributed by atoms with Crippen LogP contribution in [0.2, 0.25) is 0 Å². The Morgan fingerprint density at radius 2 is 1.96 bits per heavy atom. The zero-order valence-corrected chi connectivity index (χ0v) is 13.7. The molecule has 0 unspecified atom stereocenters. The van der Waals surface area contributed by atoms with Gasteiger partial charge >= 0.3 is 5.97 Å². The van der Waals surface area contributed by atoms with Crippen LogP contribution in [0.25, 0.3) is 0 Å². The summed E-state index contributed by atoms with van der Waals surface area (Å²) in [5.74, 6) is 0.391. The van der Waals surface area contributed by atoms with E-state index in [1.54, 1.807) is 6.26 Å². The van der Waals surface area contributed by atoms with Gasteiger partial charge in [0.1, 0.15) is 11.9 Å². The second-order valence-electron chi connectivity index (χ2n) is 5.48. The molecular formula is C19H24O4. The molecule has 1 aromatic heterocycles. The maximum absolute atomic E-state index is 12.1. The summed E-state index contributed by atoms with van der Waals surface area (Å²) >= 11 is 0. The second-order valence-corrected chi connectivity index (χ2v) is 5.48. The lowest BCUT2D eigenvalue weighted by Crippen LogP contribution is -2.29. The van der Waals surface area contributed by atoms with E-state index in [1.807, 2.05) is 42.5 Å². The van der Waals surface area contributed by atoms with Gasteiger partial charge in [0.2, 0.25) is 0 Å². The number of carbonyl (C=O) groups is 1. The molecule has 0 fully saturated rings. The number of carbonyl (C=O) groups excluding carboxylic acids is 1. The molecule has 1 aromatic carbocycles. The molecule has 2 rings (SSSR count). The Hall–Kier alpha value is -2.07. The molecule has 1 heterocycles. The van der Waals surface area contributed by atoms with E-state index in [2.05, 4.69) is 6.92 Å². The molecule has 0 aliphatic carbocycles. The molecule has 4 nitrogen and oxygen atoms in total. The van der Waals surface area contributed by atoms with Crippen molar-refractivity contribution < 1.29 is 18.7 Å². The lowest BCUT2D eigenvalue weighted by Gasteiger charge is -2.22. The maximum Gasteiger partial charge on any atom is 0.335 e. The van der Waals surface area contributed by atoms with Gasteiger partial charge in [0, 0.05) is 6.42 Å². The van der Waals surface area contributed by atoms with E-state index < -0.39 is 6.10 Å². The van der Waals surface area contributed by atoms with E-state index >= 15 is 0 Å². The Balaban J connectivity index is 2.11. The first-order valence-electron chi connectivity index (χ1n) is 8.05. The second kappa shape index (κ2) is 9.16. The number of hydrogen-bond acceptors (Lipinski definition) is 4. The highest BCUT2D eigenvalue weighted by molar-refractivity contribution is 5.75. The van der Waals surface area contributed by atoms with E-state index in [0.29, 0.717) is 6.42 Å². The Labute approximate surface area is 137 Å². The summed E-state index contributed by atoms with van der Waals surface area (Å²) in [5.41, 5.74) is 1.04. The van der Waals surface area contributed by atoms with Crippen LogP contribution in [0, 0.1) is 0 Å². The van der Waals surface area contributed by atoms with Crippen LogP contribution < -0.4 is 0 Å². The molecule has 23 heavy (non-hydrogen) atoms. The first-order chi connectivity index (χ1) is 11.2. The van der Waals surface area contributed by atoms with Crippen molar-refractivity contribution in [3.63, 3.8) is 0 Å². The number of benzene rings is 1. The molecule has 2 atom stereocenters. The van der Waals surface area contributed by atoms with Crippen molar-refractivity contribution in [2.75, 3.05) is 7.11 Å². The Morgan fingerprint density at radius 1 is 1.17 bits per heavy atom. The largest absolute Gasteiger partial charge is 0.467 e. The number of methoxy groups -OCH3 is 1. The van der Waals surface area contributed by atoms with Gasteiger partial charge in [0.25, 0.3) is 0 Å². The molecule has 124 valence electrons. The van der Waals surface area contributed by atoms with Crippen LogP contribution >= 0.6 is 0 Å². The smallest absolute Gasteiger partial charge is 0.335 e. The topological polar surface area (TPSA) is 48.7 Å². The summed E-state index contributed by atoms with van der Waals surface area (Å²) in [5, 5.41) is 0. The summed E-state index contributed by atoms with van der Waals surface area (Å²) in [4.78, 5) is 12.1. The van der Waals surface area contributed by atoms with E-state index in [0.717, 1.165) is 30.6 Å². The van der Waals surface area contributed by atoms with Crippen molar-refractivity contribution in [2.24, 2.45) is 0 Å². The van der Waals surface area contributed by atoms with E-state index in [-0.39, 0.29) is 12.1 Å². The Kier molecular flexibility index (Phi) is 6.88. The normalized spacial score (nSPS) is 13.5. The summed E-state index contributed by atoms with van der Waals surface area (Å²) in [6.45, 7) is 2.13. The van der Waals surface area contributed by atoms with Crippen LogP contribution in [0.5, 0.6) is 0 Å². The molecule has 0 spiro atoms. The lowest BCUT2D eigenvalue weighted by atomic mass is 10.1. The highest BCUT2D eigenvalue weighted by Crippen LogP contribution is 2.27. The highest BCUT2D eigenvalue weighted by Gasteiger charge is 2.26. The molecule has 0 N–H and O–H groups in total. The minimum absolute atomic E-state index is 0.238. The third-order valence-corrected chi connectivity index (χ3v) is 3.74. The van der Waals surface area contributed by atoms with Crippen molar-refractivity contribution >= 4 is 5.97 Å². The van der Waals surface area contributed by atoms with Crippen LogP contribution in [-0.2, 0) is 20.7 Å². The third kappa shape index (κ3) is 5.25. The molecule has 0 amide bonds. The first-order valence-corrected chi connectivity index (χ1v) is 8.05. The van der Waals surface area contributed by atoms with Gasteiger partial charge in [-0.15, -0.1) is 0 Å². The summed E-state index contributed by atoms with van der Waals surface area (Å²) in [6.07, 6.45) is 4.10. The molecular weight excluding hydrogens is 292 g/mol. The predicted molar refractivity (Wildman–Crippen MR) is 88.0 cm³/mol. The maximum atomic E-state index is 12.1. The molecule has 0 saturated heterocycles. The fraction of sp³-hybridized carbons (Fsp3) is 0.421. The third-order valence-electron chi connectivity index (χ3n) is 3.74. The highest BCUT2D eigenvalue weighted by atomic mass is 16.6. The van der Waals surface area contributed by atoms with Gasteiger partial charge in [-0.25, -0.2) is 4.79 Å². The van der Waals surface area contributed by atoms with Gasteiger partial charge in [-0.1, -0.05) is 50.1 Å². The monoisotopic (exact) mass is 316 g/mol. The van der Waals surface area contributed by atoms with Crippen LogP contribution in [0.15, 0.2) is 53.1 Å². The van der Waals surface area contributed by atoms with Crippen LogP contribution in [0.3, 0.4) is 0 Å². The van der Waals surface area contributed by atoms with Gasteiger partial charge in [-0.2, -0.15) is 0 Å². The predicted octanol–water partition coefficient (Wildman–Crippen LogP) is 4.31. The SMILES string of the molecule is CCCC[C@H](O[C@H](Cc1ccccc1)C(=O)OC)c1ccco1. The number of ether oxygens (including phenoxy) is 2. The fourth-order valence-corrected chi connectivity index (χ4v) is 2.49. The molecule has 0 bridgehead atoms. The molecule has 0 aliphatic heterocycles. The van der Waals surface area contributed by atoms with E-state index in [1.165, 1.54) is 7.11 Å². The van der Waals surface area contributed by atoms with Crippen molar-refractivity contribution in [1.82, 2.24) is 0 Å². The molecule has 4 heteroatoms. The number of furan rings is 1. The lowest BCUT2D eigenvalue weighted by molar-refractivity contribution is -0.159. The number of unbranched alkanes of at least 4 members (excludes halogenated alkanes) is 1. The fourth-order valence-electron chi connectivity index (χ4n) is 2.49. The van der Waals surface area contributed by atoms with Gasteiger partial charge in [-0.3, -0.25) is 0 Å². The van der Waals surface area contributed by atoms with Crippen LogP contribution in [0.1, 0.15) is 43.6 Å². The number of rotatable bonds is 9. The minimum atomic E-state index is -0.644.